The summed E-state index contributed by atoms with van der Waals surface area (Å²) in [4.78, 5) is 2.57. The molecule has 0 bridgehead atoms. The molecule has 2 rings (SSSR count). The predicted molar refractivity (Wildman–Crippen MR) is 64.1 cm³/mol. The second-order valence-corrected chi connectivity index (χ2v) is 4.32. The maximum absolute atomic E-state index is 3.42. The molecule has 1 aliphatic rings. The van der Waals surface area contributed by atoms with Crippen LogP contribution in [0.5, 0.6) is 0 Å². The molecule has 1 unspecified atom stereocenters. The van der Waals surface area contributed by atoms with E-state index >= 15 is 0 Å². The molecule has 1 atom stereocenters. The molecule has 0 radical (unpaired) electrons. The molecule has 1 aromatic carbocycles. The second-order valence-electron chi connectivity index (χ2n) is 4.32. The van der Waals surface area contributed by atoms with Crippen molar-refractivity contribution in [2.45, 2.75) is 19.4 Å². The lowest BCUT2D eigenvalue weighted by Crippen LogP contribution is -2.50. The zero-order valence-corrected chi connectivity index (χ0v) is 9.45. The van der Waals surface area contributed by atoms with Crippen molar-refractivity contribution in [2.24, 2.45) is 0 Å². The van der Waals surface area contributed by atoms with Gasteiger partial charge >= 0.3 is 0 Å². The first-order valence-electron chi connectivity index (χ1n) is 5.85. The molecule has 2 nitrogen and oxygen atoms in total. The van der Waals surface area contributed by atoms with Gasteiger partial charge in [-0.1, -0.05) is 30.3 Å². The number of hydrogen-bond donors (Lipinski definition) is 1. The summed E-state index contributed by atoms with van der Waals surface area (Å²) in [5.74, 6) is 0. The van der Waals surface area contributed by atoms with Crippen LogP contribution in [0.1, 0.15) is 12.5 Å². The summed E-state index contributed by atoms with van der Waals surface area (Å²) in [6, 6.07) is 11.4. The van der Waals surface area contributed by atoms with E-state index in [2.05, 4.69) is 47.5 Å². The van der Waals surface area contributed by atoms with Crippen LogP contribution < -0.4 is 5.32 Å². The SMILES string of the molecule is CC1CNCCN1CCc1ccccc1. The van der Waals surface area contributed by atoms with Crippen molar-refractivity contribution in [1.29, 1.82) is 0 Å². The normalized spacial score (nSPS) is 22.9. The van der Waals surface area contributed by atoms with Crippen LogP contribution in [-0.4, -0.2) is 37.1 Å². The van der Waals surface area contributed by atoms with E-state index in [1.54, 1.807) is 0 Å². The molecule has 0 spiro atoms. The minimum Gasteiger partial charge on any atom is -0.314 e. The maximum atomic E-state index is 3.42. The Bertz CT molecular complexity index is 284. The van der Waals surface area contributed by atoms with Crippen molar-refractivity contribution < 1.29 is 0 Å². The zero-order chi connectivity index (χ0) is 10.5. The third-order valence-corrected chi connectivity index (χ3v) is 3.17. The molecule has 2 heteroatoms. The summed E-state index contributed by atoms with van der Waals surface area (Å²) in [7, 11) is 0. The smallest absolute Gasteiger partial charge is 0.0193 e. The Morgan fingerprint density at radius 2 is 2.13 bits per heavy atom. The van der Waals surface area contributed by atoms with Crippen molar-refractivity contribution in [3.8, 4) is 0 Å². The van der Waals surface area contributed by atoms with Gasteiger partial charge in [0, 0.05) is 32.2 Å². The van der Waals surface area contributed by atoms with Crippen LogP contribution >= 0.6 is 0 Å². The van der Waals surface area contributed by atoms with E-state index < -0.39 is 0 Å². The van der Waals surface area contributed by atoms with Gasteiger partial charge in [-0.3, -0.25) is 4.90 Å². The lowest BCUT2D eigenvalue weighted by Gasteiger charge is -2.33. The fourth-order valence-electron chi connectivity index (χ4n) is 2.13. The Labute approximate surface area is 92.3 Å². The van der Waals surface area contributed by atoms with Gasteiger partial charge in [0.05, 0.1) is 0 Å². The molecule has 1 aliphatic heterocycles. The molecule has 0 amide bonds. The summed E-state index contributed by atoms with van der Waals surface area (Å²) in [6.45, 7) is 6.95. The fourth-order valence-corrected chi connectivity index (χ4v) is 2.13. The molecule has 1 fully saturated rings. The molecule has 82 valence electrons. The summed E-state index contributed by atoms with van der Waals surface area (Å²) >= 11 is 0. The standard InChI is InChI=1S/C13H20N2/c1-12-11-14-8-10-15(12)9-7-13-5-3-2-4-6-13/h2-6,12,14H,7-11H2,1H3. The van der Waals surface area contributed by atoms with Crippen LogP contribution in [0, 0.1) is 0 Å². The van der Waals surface area contributed by atoms with Crippen molar-refractivity contribution >= 4 is 0 Å². The Kier molecular flexibility index (Phi) is 3.75. The first kappa shape index (κ1) is 10.7. The average molecular weight is 204 g/mol. The number of rotatable bonds is 3. The first-order valence-corrected chi connectivity index (χ1v) is 5.85. The van der Waals surface area contributed by atoms with Crippen LogP contribution in [0.25, 0.3) is 0 Å². The number of nitrogens with zero attached hydrogens (tertiary/aromatic N) is 1. The molecular formula is C13H20N2. The van der Waals surface area contributed by atoms with Crippen molar-refractivity contribution in [3.63, 3.8) is 0 Å². The highest BCUT2D eigenvalue weighted by Gasteiger charge is 2.16. The number of nitrogens with one attached hydrogen (secondary N) is 1. The molecule has 1 heterocycles. The highest BCUT2D eigenvalue weighted by Crippen LogP contribution is 2.06. The van der Waals surface area contributed by atoms with Crippen molar-refractivity contribution in [2.75, 3.05) is 26.2 Å². The van der Waals surface area contributed by atoms with Gasteiger partial charge in [-0.05, 0) is 18.9 Å². The van der Waals surface area contributed by atoms with Crippen LogP contribution in [0.4, 0.5) is 0 Å². The number of hydrogen-bond acceptors (Lipinski definition) is 2. The minimum atomic E-state index is 0.683. The van der Waals surface area contributed by atoms with Crippen LogP contribution in [0.15, 0.2) is 30.3 Å². The van der Waals surface area contributed by atoms with Gasteiger partial charge in [-0.2, -0.15) is 0 Å². The van der Waals surface area contributed by atoms with Gasteiger partial charge in [-0.25, -0.2) is 0 Å². The van der Waals surface area contributed by atoms with Gasteiger partial charge < -0.3 is 5.32 Å². The molecule has 0 aromatic heterocycles. The van der Waals surface area contributed by atoms with Gasteiger partial charge in [0.1, 0.15) is 0 Å². The van der Waals surface area contributed by atoms with Crippen molar-refractivity contribution in [3.05, 3.63) is 35.9 Å². The van der Waals surface area contributed by atoms with E-state index in [0.29, 0.717) is 6.04 Å². The molecule has 0 aliphatic carbocycles. The van der Waals surface area contributed by atoms with Crippen LogP contribution in [0.2, 0.25) is 0 Å². The second kappa shape index (κ2) is 5.29. The Morgan fingerprint density at radius 1 is 1.33 bits per heavy atom. The predicted octanol–water partition coefficient (Wildman–Crippen LogP) is 1.52. The average Bonchev–Trinajstić information content (AvgIpc) is 2.29. The van der Waals surface area contributed by atoms with E-state index in [9.17, 15) is 0 Å². The van der Waals surface area contributed by atoms with E-state index in [4.69, 9.17) is 0 Å². The van der Waals surface area contributed by atoms with Crippen LogP contribution in [0.3, 0.4) is 0 Å². The van der Waals surface area contributed by atoms with E-state index in [1.807, 2.05) is 0 Å². The zero-order valence-electron chi connectivity index (χ0n) is 9.45. The summed E-state index contributed by atoms with van der Waals surface area (Å²) in [5.41, 5.74) is 1.45. The summed E-state index contributed by atoms with van der Waals surface area (Å²) in [5, 5.41) is 3.42. The number of piperazine rings is 1. The number of benzene rings is 1. The monoisotopic (exact) mass is 204 g/mol. The summed E-state index contributed by atoms with van der Waals surface area (Å²) < 4.78 is 0. The minimum absolute atomic E-state index is 0.683. The van der Waals surface area contributed by atoms with Crippen molar-refractivity contribution in [1.82, 2.24) is 10.2 Å². The highest BCUT2D eigenvalue weighted by molar-refractivity contribution is 5.14. The lowest BCUT2D eigenvalue weighted by atomic mass is 10.1. The van der Waals surface area contributed by atoms with Gasteiger partial charge in [0.25, 0.3) is 0 Å². The largest absolute Gasteiger partial charge is 0.314 e. The van der Waals surface area contributed by atoms with Crippen LogP contribution in [-0.2, 0) is 6.42 Å². The van der Waals surface area contributed by atoms with E-state index in [1.165, 1.54) is 25.1 Å². The fraction of sp³-hybridized carbons (Fsp3) is 0.538. The molecule has 1 saturated heterocycles. The van der Waals surface area contributed by atoms with E-state index in [-0.39, 0.29) is 0 Å². The third-order valence-electron chi connectivity index (χ3n) is 3.17. The molecule has 1 N–H and O–H groups in total. The molecule has 1 aromatic rings. The highest BCUT2D eigenvalue weighted by atomic mass is 15.2. The van der Waals surface area contributed by atoms with Gasteiger partial charge in [0.2, 0.25) is 0 Å². The van der Waals surface area contributed by atoms with Gasteiger partial charge in [0.15, 0.2) is 0 Å². The first-order chi connectivity index (χ1) is 7.36. The topological polar surface area (TPSA) is 15.3 Å². The third kappa shape index (κ3) is 3.05. The quantitative estimate of drug-likeness (QED) is 0.803. The summed E-state index contributed by atoms with van der Waals surface area (Å²) in [6.07, 6.45) is 1.17. The van der Waals surface area contributed by atoms with Gasteiger partial charge in [-0.15, -0.1) is 0 Å². The lowest BCUT2D eigenvalue weighted by molar-refractivity contribution is 0.176. The maximum Gasteiger partial charge on any atom is 0.0193 e. The Hall–Kier alpha value is -0.860. The Morgan fingerprint density at radius 3 is 2.87 bits per heavy atom. The Balaban J connectivity index is 1.82. The van der Waals surface area contributed by atoms with E-state index in [0.717, 1.165) is 13.1 Å². The molecule has 0 saturated carbocycles. The molecule has 15 heavy (non-hydrogen) atoms. The molecular weight excluding hydrogens is 184 g/mol.